The maximum absolute atomic E-state index is 12.1. The van der Waals surface area contributed by atoms with Gasteiger partial charge in [0.05, 0.1) is 5.02 Å². The number of nitrogens with zero attached hydrogens (tertiary/aromatic N) is 2. The van der Waals surface area contributed by atoms with Gasteiger partial charge in [-0.25, -0.2) is 10.8 Å². The molecule has 0 aromatic carbocycles. The Morgan fingerprint density at radius 3 is 2.85 bits per heavy atom. The van der Waals surface area contributed by atoms with Crippen molar-refractivity contribution in [3.8, 4) is 0 Å². The van der Waals surface area contributed by atoms with E-state index in [1.54, 1.807) is 12.1 Å². The second-order valence-corrected chi connectivity index (χ2v) is 5.54. The van der Waals surface area contributed by atoms with Crippen LogP contribution < -0.4 is 16.6 Å². The fraction of sp³-hybridized carbons (Fsp3) is 0.538. The van der Waals surface area contributed by atoms with Crippen molar-refractivity contribution in [1.82, 2.24) is 15.2 Å². The van der Waals surface area contributed by atoms with Crippen LogP contribution >= 0.6 is 11.6 Å². The van der Waals surface area contributed by atoms with Crippen molar-refractivity contribution in [2.45, 2.75) is 12.8 Å². The monoisotopic (exact) mass is 297 g/mol. The number of carbonyl (C=O) groups excluding carboxylic acids is 1. The highest BCUT2D eigenvalue weighted by Crippen LogP contribution is 2.17. The summed E-state index contributed by atoms with van der Waals surface area (Å²) in [4.78, 5) is 18.5. The lowest BCUT2D eigenvalue weighted by atomic mass is 9.97. The van der Waals surface area contributed by atoms with E-state index in [0.29, 0.717) is 23.3 Å². The van der Waals surface area contributed by atoms with Crippen molar-refractivity contribution in [1.29, 1.82) is 0 Å². The summed E-state index contributed by atoms with van der Waals surface area (Å²) < 4.78 is 0. The molecular formula is C13H20ClN5O. The van der Waals surface area contributed by atoms with Gasteiger partial charge in [0.15, 0.2) is 0 Å². The molecule has 0 spiro atoms. The predicted octanol–water partition coefficient (Wildman–Crippen LogP) is 1.09. The number of piperidine rings is 1. The molecule has 0 radical (unpaired) electrons. The minimum atomic E-state index is -0.258. The predicted molar refractivity (Wildman–Crippen MR) is 79.6 cm³/mol. The van der Waals surface area contributed by atoms with Gasteiger partial charge in [-0.1, -0.05) is 11.6 Å². The van der Waals surface area contributed by atoms with E-state index in [2.05, 4.69) is 27.7 Å². The maximum Gasteiger partial charge on any atom is 0.271 e. The van der Waals surface area contributed by atoms with Crippen molar-refractivity contribution in [2.75, 3.05) is 32.1 Å². The second kappa shape index (κ2) is 6.88. The van der Waals surface area contributed by atoms with Gasteiger partial charge in [-0.15, -0.1) is 0 Å². The summed E-state index contributed by atoms with van der Waals surface area (Å²) in [5.41, 5.74) is 2.61. The number of carbonyl (C=O) groups is 1. The standard InChI is InChI=1S/C13H20ClN5O/c1-19-6-4-9(5-7-19)8-16-13(20)12-10(14)2-3-11(17-12)18-15/h2-3,9H,4-8,15H2,1H3,(H,16,20)(H,17,18). The van der Waals surface area contributed by atoms with Crippen molar-refractivity contribution < 1.29 is 4.79 Å². The molecule has 1 fully saturated rings. The summed E-state index contributed by atoms with van der Waals surface area (Å²) in [7, 11) is 2.11. The van der Waals surface area contributed by atoms with Gasteiger partial charge in [0.25, 0.3) is 5.91 Å². The Bertz CT molecular complexity index is 474. The van der Waals surface area contributed by atoms with Crippen molar-refractivity contribution in [2.24, 2.45) is 11.8 Å². The molecule has 0 bridgehead atoms. The number of hydrogen-bond donors (Lipinski definition) is 3. The molecule has 7 heteroatoms. The quantitative estimate of drug-likeness (QED) is 0.572. The first-order chi connectivity index (χ1) is 9.60. The molecule has 1 amide bonds. The van der Waals surface area contributed by atoms with Crippen LogP contribution in [0.5, 0.6) is 0 Å². The first-order valence-electron chi connectivity index (χ1n) is 6.70. The van der Waals surface area contributed by atoms with E-state index in [1.807, 2.05) is 0 Å². The number of rotatable bonds is 4. The van der Waals surface area contributed by atoms with Crippen LogP contribution in [0.1, 0.15) is 23.3 Å². The molecule has 0 aliphatic carbocycles. The third-order valence-corrected chi connectivity index (χ3v) is 3.90. The average molecular weight is 298 g/mol. The van der Waals surface area contributed by atoms with Crippen molar-refractivity contribution >= 4 is 23.3 Å². The van der Waals surface area contributed by atoms with Gasteiger partial charge < -0.3 is 15.6 Å². The molecule has 0 unspecified atom stereocenters. The Morgan fingerprint density at radius 1 is 1.50 bits per heavy atom. The molecule has 1 aliphatic heterocycles. The van der Waals surface area contributed by atoms with Crippen LogP contribution in [0.2, 0.25) is 5.02 Å². The molecule has 0 saturated carbocycles. The molecule has 1 saturated heterocycles. The highest BCUT2D eigenvalue weighted by atomic mass is 35.5. The molecule has 110 valence electrons. The minimum Gasteiger partial charge on any atom is -0.350 e. The number of aromatic nitrogens is 1. The van der Waals surface area contributed by atoms with E-state index in [0.717, 1.165) is 25.9 Å². The van der Waals surface area contributed by atoms with Gasteiger partial charge in [0.1, 0.15) is 11.5 Å². The van der Waals surface area contributed by atoms with Crippen molar-refractivity contribution in [3.05, 3.63) is 22.8 Å². The zero-order valence-corrected chi connectivity index (χ0v) is 12.3. The number of likely N-dealkylation sites (tertiary alicyclic amines) is 1. The van der Waals surface area contributed by atoms with Gasteiger partial charge in [0.2, 0.25) is 0 Å². The van der Waals surface area contributed by atoms with Gasteiger partial charge in [0, 0.05) is 6.54 Å². The Labute approximate surface area is 123 Å². The largest absolute Gasteiger partial charge is 0.350 e. The van der Waals surface area contributed by atoms with Crippen LogP contribution in [0, 0.1) is 5.92 Å². The van der Waals surface area contributed by atoms with Crippen LogP contribution in [0.4, 0.5) is 5.82 Å². The average Bonchev–Trinajstić information content (AvgIpc) is 2.47. The number of amides is 1. The number of halogens is 1. The van der Waals surface area contributed by atoms with Crippen LogP contribution in [0.15, 0.2) is 12.1 Å². The number of hydrazine groups is 1. The molecule has 4 N–H and O–H groups in total. The van der Waals surface area contributed by atoms with Crippen LogP contribution in [0.3, 0.4) is 0 Å². The first-order valence-corrected chi connectivity index (χ1v) is 7.08. The number of nitrogens with one attached hydrogen (secondary N) is 2. The molecule has 2 rings (SSSR count). The van der Waals surface area contributed by atoms with Gasteiger partial charge in [-0.05, 0) is 51.0 Å². The van der Waals surface area contributed by atoms with E-state index >= 15 is 0 Å². The molecule has 1 aromatic rings. The summed E-state index contributed by atoms with van der Waals surface area (Å²) in [5, 5.41) is 3.23. The molecule has 6 nitrogen and oxygen atoms in total. The zero-order chi connectivity index (χ0) is 14.5. The topological polar surface area (TPSA) is 83.3 Å². The molecular weight excluding hydrogens is 278 g/mol. The lowest BCUT2D eigenvalue weighted by molar-refractivity contribution is 0.0934. The van der Waals surface area contributed by atoms with Crippen LogP contribution in [-0.4, -0.2) is 42.5 Å². The number of nitrogen functional groups attached to an aromatic ring is 1. The minimum absolute atomic E-state index is 0.204. The smallest absolute Gasteiger partial charge is 0.271 e. The number of hydrogen-bond acceptors (Lipinski definition) is 5. The van der Waals surface area contributed by atoms with Gasteiger partial charge in [-0.2, -0.15) is 0 Å². The van der Waals surface area contributed by atoms with Crippen LogP contribution in [-0.2, 0) is 0 Å². The van der Waals surface area contributed by atoms with E-state index in [-0.39, 0.29) is 11.6 Å². The zero-order valence-electron chi connectivity index (χ0n) is 11.5. The second-order valence-electron chi connectivity index (χ2n) is 5.13. The summed E-state index contributed by atoms with van der Waals surface area (Å²) in [6.07, 6.45) is 2.20. The van der Waals surface area contributed by atoms with E-state index in [4.69, 9.17) is 17.4 Å². The Hall–Kier alpha value is -1.37. The maximum atomic E-state index is 12.1. The Kier molecular flexibility index (Phi) is 5.17. The van der Waals surface area contributed by atoms with Gasteiger partial charge in [-0.3, -0.25) is 4.79 Å². The fourth-order valence-corrected chi connectivity index (χ4v) is 2.46. The van der Waals surface area contributed by atoms with E-state index < -0.39 is 0 Å². The summed E-state index contributed by atoms with van der Waals surface area (Å²) in [5.74, 6) is 5.96. The summed E-state index contributed by atoms with van der Waals surface area (Å²) in [6, 6.07) is 3.23. The first kappa shape index (κ1) is 15.0. The third-order valence-electron chi connectivity index (χ3n) is 3.60. The highest BCUT2D eigenvalue weighted by molar-refractivity contribution is 6.33. The highest BCUT2D eigenvalue weighted by Gasteiger charge is 2.19. The Balaban J connectivity index is 1.91. The van der Waals surface area contributed by atoms with Crippen LogP contribution in [0.25, 0.3) is 0 Å². The summed E-state index contributed by atoms with van der Waals surface area (Å²) in [6.45, 7) is 2.81. The number of nitrogens with two attached hydrogens (primary N) is 1. The number of pyridine rings is 1. The molecule has 2 heterocycles. The fourth-order valence-electron chi connectivity index (χ4n) is 2.27. The summed E-state index contributed by atoms with van der Waals surface area (Å²) >= 11 is 5.99. The van der Waals surface area contributed by atoms with Crippen molar-refractivity contribution in [3.63, 3.8) is 0 Å². The van der Waals surface area contributed by atoms with E-state index in [1.165, 1.54) is 0 Å². The lowest BCUT2D eigenvalue weighted by Gasteiger charge is -2.28. The number of anilines is 1. The molecule has 20 heavy (non-hydrogen) atoms. The van der Waals surface area contributed by atoms with Gasteiger partial charge >= 0.3 is 0 Å². The molecule has 1 aromatic heterocycles. The normalized spacial score (nSPS) is 16.9. The third kappa shape index (κ3) is 3.82. The molecule has 1 aliphatic rings. The van der Waals surface area contributed by atoms with E-state index in [9.17, 15) is 4.79 Å². The molecule has 0 atom stereocenters. The lowest BCUT2D eigenvalue weighted by Crippen LogP contribution is -2.37. The SMILES string of the molecule is CN1CCC(CNC(=O)c2nc(NN)ccc2Cl)CC1. The Morgan fingerprint density at radius 2 is 2.20 bits per heavy atom.